The van der Waals surface area contributed by atoms with Crippen molar-refractivity contribution >= 4 is 0 Å². The van der Waals surface area contributed by atoms with E-state index in [2.05, 4.69) is 18.7 Å². The van der Waals surface area contributed by atoms with E-state index in [-0.39, 0.29) is 24.1 Å². The second-order valence-corrected chi connectivity index (χ2v) is 5.39. The van der Waals surface area contributed by atoms with Gasteiger partial charge in [0, 0.05) is 18.6 Å². The van der Waals surface area contributed by atoms with Crippen LogP contribution in [0, 0.1) is 0 Å². The number of ether oxygens (including phenoxy) is 1. The fourth-order valence-electron chi connectivity index (χ4n) is 2.11. The molecule has 1 aliphatic rings. The number of nitrogens with zero attached hydrogens (tertiary/aromatic N) is 1. The van der Waals surface area contributed by atoms with Gasteiger partial charge in [-0.25, -0.2) is 0 Å². The third-order valence-corrected chi connectivity index (χ3v) is 3.55. The Labute approximate surface area is 107 Å². The molecule has 0 amide bonds. The molecule has 0 atom stereocenters. The van der Waals surface area contributed by atoms with Crippen molar-refractivity contribution in [2.75, 3.05) is 19.8 Å². The molecule has 1 aliphatic heterocycles. The Kier molecular flexibility index (Phi) is 3.76. The van der Waals surface area contributed by atoms with Crippen LogP contribution in [0.15, 0.2) is 24.3 Å². The highest BCUT2D eigenvalue weighted by molar-refractivity contribution is 5.30. The minimum Gasteiger partial charge on any atom is -0.508 e. The van der Waals surface area contributed by atoms with Gasteiger partial charge in [0.05, 0.1) is 6.67 Å². The molecular formula is C14H20FNO2. The zero-order valence-electron chi connectivity index (χ0n) is 10.9. The smallest absolute Gasteiger partial charge is 0.124 e. The molecular weight excluding hydrogens is 233 g/mol. The van der Waals surface area contributed by atoms with Crippen molar-refractivity contribution in [1.82, 2.24) is 4.90 Å². The molecule has 3 nitrogen and oxygen atoms in total. The topological polar surface area (TPSA) is 32.7 Å². The molecule has 0 aromatic heterocycles. The van der Waals surface area contributed by atoms with Gasteiger partial charge in [0.25, 0.3) is 0 Å². The van der Waals surface area contributed by atoms with Crippen molar-refractivity contribution in [2.45, 2.75) is 31.9 Å². The van der Waals surface area contributed by atoms with E-state index in [1.807, 2.05) is 0 Å². The zero-order chi connectivity index (χ0) is 13.2. The lowest BCUT2D eigenvalue weighted by molar-refractivity contribution is -0.0467. The van der Waals surface area contributed by atoms with Crippen LogP contribution in [-0.2, 0) is 0 Å². The molecule has 1 aromatic rings. The lowest BCUT2D eigenvalue weighted by Crippen LogP contribution is -2.61. The molecule has 0 aliphatic carbocycles. The average Bonchev–Trinajstić information content (AvgIpc) is 2.25. The van der Waals surface area contributed by atoms with Crippen LogP contribution in [0.25, 0.3) is 0 Å². The standard InChI is InChI=1S/C14H20FNO2/c1-14(2,7-8-15)16-9-13(10-16)18-12-5-3-11(17)4-6-12/h3-6,13,17H,7-10H2,1-2H3. The van der Waals surface area contributed by atoms with Crippen LogP contribution in [0.3, 0.4) is 0 Å². The first-order chi connectivity index (χ1) is 8.51. The molecule has 0 bridgehead atoms. The number of likely N-dealkylation sites (tertiary alicyclic amines) is 1. The van der Waals surface area contributed by atoms with Gasteiger partial charge in [0.15, 0.2) is 0 Å². The Hall–Kier alpha value is -1.29. The van der Waals surface area contributed by atoms with Crippen LogP contribution in [0.1, 0.15) is 20.3 Å². The van der Waals surface area contributed by atoms with Gasteiger partial charge in [0.1, 0.15) is 17.6 Å². The maximum Gasteiger partial charge on any atom is 0.124 e. The van der Waals surface area contributed by atoms with E-state index >= 15 is 0 Å². The molecule has 18 heavy (non-hydrogen) atoms. The zero-order valence-corrected chi connectivity index (χ0v) is 10.9. The van der Waals surface area contributed by atoms with Gasteiger partial charge >= 0.3 is 0 Å². The Morgan fingerprint density at radius 1 is 1.33 bits per heavy atom. The summed E-state index contributed by atoms with van der Waals surface area (Å²) >= 11 is 0. The molecule has 1 N–H and O–H groups in total. The molecule has 100 valence electrons. The summed E-state index contributed by atoms with van der Waals surface area (Å²) in [6.45, 7) is 5.49. The summed E-state index contributed by atoms with van der Waals surface area (Å²) < 4.78 is 18.2. The van der Waals surface area contributed by atoms with Crippen LogP contribution in [-0.4, -0.2) is 41.4 Å². The number of rotatable bonds is 5. The molecule has 0 spiro atoms. The molecule has 0 saturated carbocycles. The summed E-state index contributed by atoms with van der Waals surface area (Å²) in [7, 11) is 0. The van der Waals surface area contributed by atoms with Crippen molar-refractivity contribution in [2.24, 2.45) is 0 Å². The fraction of sp³-hybridized carbons (Fsp3) is 0.571. The van der Waals surface area contributed by atoms with Gasteiger partial charge in [0.2, 0.25) is 0 Å². The van der Waals surface area contributed by atoms with E-state index in [0.29, 0.717) is 6.42 Å². The first kappa shape index (κ1) is 13.1. The maximum atomic E-state index is 12.4. The predicted molar refractivity (Wildman–Crippen MR) is 68.8 cm³/mol. The Balaban J connectivity index is 1.81. The largest absolute Gasteiger partial charge is 0.508 e. The number of phenolic OH excluding ortho intramolecular Hbond substituents is 1. The minimum atomic E-state index is -0.285. The van der Waals surface area contributed by atoms with E-state index in [1.54, 1.807) is 24.3 Å². The molecule has 2 rings (SSSR count). The number of hydrogen-bond donors (Lipinski definition) is 1. The van der Waals surface area contributed by atoms with E-state index in [1.165, 1.54) is 0 Å². The van der Waals surface area contributed by atoms with Crippen molar-refractivity contribution in [3.05, 3.63) is 24.3 Å². The number of benzene rings is 1. The summed E-state index contributed by atoms with van der Waals surface area (Å²) in [6, 6.07) is 6.73. The van der Waals surface area contributed by atoms with Gasteiger partial charge in [-0.1, -0.05) is 0 Å². The van der Waals surface area contributed by atoms with Crippen molar-refractivity contribution in [3.63, 3.8) is 0 Å². The van der Waals surface area contributed by atoms with Gasteiger partial charge < -0.3 is 9.84 Å². The van der Waals surface area contributed by atoms with Gasteiger partial charge in [-0.15, -0.1) is 0 Å². The first-order valence-corrected chi connectivity index (χ1v) is 6.28. The molecule has 4 heteroatoms. The Bertz CT molecular complexity index is 385. The normalized spacial score (nSPS) is 17.5. The van der Waals surface area contributed by atoms with Gasteiger partial charge in [-0.2, -0.15) is 0 Å². The minimum absolute atomic E-state index is 0.0937. The molecule has 0 unspecified atom stereocenters. The third kappa shape index (κ3) is 2.93. The summed E-state index contributed by atoms with van der Waals surface area (Å²) in [5.41, 5.74) is -0.0937. The number of halogens is 1. The quantitative estimate of drug-likeness (QED) is 0.875. The van der Waals surface area contributed by atoms with E-state index in [4.69, 9.17) is 4.74 Å². The highest BCUT2D eigenvalue weighted by Crippen LogP contribution is 2.28. The van der Waals surface area contributed by atoms with Crippen molar-refractivity contribution in [3.8, 4) is 11.5 Å². The number of phenols is 1. The second kappa shape index (κ2) is 5.14. The second-order valence-electron chi connectivity index (χ2n) is 5.39. The van der Waals surface area contributed by atoms with Gasteiger partial charge in [-0.3, -0.25) is 9.29 Å². The van der Waals surface area contributed by atoms with Crippen LogP contribution in [0.4, 0.5) is 4.39 Å². The summed E-state index contributed by atoms with van der Waals surface area (Å²) in [4.78, 5) is 2.23. The summed E-state index contributed by atoms with van der Waals surface area (Å²) in [5, 5.41) is 9.17. The molecule has 1 heterocycles. The molecule has 1 saturated heterocycles. The van der Waals surface area contributed by atoms with E-state index in [0.717, 1.165) is 18.8 Å². The Morgan fingerprint density at radius 2 is 1.94 bits per heavy atom. The Morgan fingerprint density at radius 3 is 2.50 bits per heavy atom. The number of aromatic hydroxyl groups is 1. The summed E-state index contributed by atoms with van der Waals surface area (Å²) in [5.74, 6) is 1.00. The van der Waals surface area contributed by atoms with Crippen LogP contribution < -0.4 is 4.74 Å². The van der Waals surface area contributed by atoms with Crippen molar-refractivity contribution < 1.29 is 14.2 Å². The van der Waals surface area contributed by atoms with E-state index in [9.17, 15) is 9.50 Å². The average molecular weight is 253 g/mol. The lowest BCUT2D eigenvalue weighted by atomic mass is 9.94. The SMILES string of the molecule is CC(C)(CCF)N1CC(Oc2ccc(O)cc2)C1. The number of alkyl halides is 1. The fourth-order valence-corrected chi connectivity index (χ4v) is 2.11. The molecule has 0 radical (unpaired) electrons. The monoisotopic (exact) mass is 253 g/mol. The third-order valence-electron chi connectivity index (χ3n) is 3.55. The molecule has 1 fully saturated rings. The van der Waals surface area contributed by atoms with E-state index < -0.39 is 0 Å². The van der Waals surface area contributed by atoms with Crippen molar-refractivity contribution in [1.29, 1.82) is 0 Å². The van der Waals surface area contributed by atoms with Gasteiger partial charge in [-0.05, 0) is 44.5 Å². The summed E-state index contributed by atoms with van der Waals surface area (Å²) in [6.07, 6.45) is 0.715. The predicted octanol–water partition coefficient (Wildman–Crippen LogP) is 2.59. The maximum absolute atomic E-state index is 12.4. The van der Waals surface area contributed by atoms with Crippen LogP contribution >= 0.6 is 0 Å². The highest BCUT2D eigenvalue weighted by atomic mass is 19.1. The van der Waals surface area contributed by atoms with Crippen LogP contribution in [0.5, 0.6) is 11.5 Å². The van der Waals surface area contributed by atoms with Crippen LogP contribution in [0.2, 0.25) is 0 Å². The first-order valence-electron chi connectivity index (χ1n) is 6.28. The lowest BCUT2D eigenvalue weighted by Gasteiger charge is -2.48. The molecule has 1 aromatic carbocycles. The number of hydrogen-bond acceptors (Lipinski definition) is 3. The highest BCUT2D eigenvalue weighted by Gasteiger charge is 2.38.